The number of rotatable bonds is 8. The summed E-state index contributed by atoms with van der Waals surface area (Å²) in [6, 6.07) is 8.07. The molecule has 0 spiro atoms. The molecule has 0 radical (unpaired) electrons. The van der Waals surface area contributed by atoms with Gasteiger partial charge in [0.2, 0.25) is 0 Å². The fourth-order valence-corrected chi connectivity index (χ4v) is 4.82. The van der Waals surface area contributed by atoms with E-state index in [4.69, 9.17) is 4.74 Å². The van der Waals surface area contributed by atoms with Crippen LogP contribution < -0.4 is 15.0 Å². The van der Waals surface area contributed by atoms with E-state index in [2.05, 4.69) is 30.3 Å². The first-order valence-corrected chi connectivity index (χ1v) is 12.5. The number of aliphatic hydroxyl groups excluding tert-OH is 1. The standard InChI is InChI=1S/C27H28F3N7O2/c1-36(17-6-8-18(38)9-7-17)21-12-24(32-14-19(21)16-13-33-37(15-16)27(29)30)34-23-10-11-31-26(35-23)25-20(28)4-3-5-22(25)39-2/h3-5,10-15,17-18,27,38H,6-9H2,1-2H3,(H,31,32,34,35). The molecule has 0 atom stereocenters. The van der Waals surface area contributed by atoms with Crippen molar-refractivity contribution < 1.29 is 23.0 Å². The summed E-state index contributed by atoms with van der Waals surface area (Å²) in [5.74, 6) is 0.762. The minimum atomic E-state index is -2.76. The van der Waals surface area contributed by atoms with Gasteiger partial charge in [-0.15, -0.1) is 0 Å². The molecule has 0 bridgehead atoms. The number of aliphatic hydroxyl groups is 1. The van der Waals surface area contributed by atoms with Gasteiger partial charge >= 0.3 is 6.55 Å². The van der Waals surface area contributed by atoms with Crippen LogP contribution in [0.5, 0.6) is 5.75 Å². The van der Waals surface area contributed by atoms with Gasteiger partial charge in [-0.2, -0.15) is 13.9 Å². The Kier molecular flexibility index (Phi) is 7.64. The molecule has 0 unspecified atom stereocenters. The molecule has 1 fully saturated rings. The molecule has 9 nitrogen and oxygen atoms in total. The van der Waals surface area contributed by atoms with Gasteiger partial charge in [0.1, 0.15) is 23.2 Å². The third kappa shape index (κ3) is 5.65. The number of aromatic nitrogens is 5. The van der Waals surface area contributed by atoms with E-state index in [1.165, 1.54) is 31.8 Å². The van der Waals surface area contributed by atoms with Crippen molar-refractivity contribution in [2.75, 3.05) is 24.4 Å². The van der Waals surface area contributed by atoms with Crippen molar-refractivity contribution in [3.8, 4) is 28.3 Å². The Balaban J connectivity index is 1.49. The molecule has 1 aliphatic rings. The normalized spacial score (nSPS) is 17.3. The lowest BCUT2D eigenvalue weighted by Gasteiger charge is -2.35. The summed E-state index contributed by atoms with van der Waals surface area (Å²) < 4.78 is 46.9. The average molecular weight is 540 g/mol. The van der Waals surface area contributed by atoms with Gasteiger partial charge in [0.15, 0.2) is 5.82 Å². The SMILES string of the molecule is COc1cccc(F)c1-c1nccc(Nc2cc(N(C)C3CCC(O)CC3)c(-c3cnn(C(F)F)c3)cn2)n1. The van der Waals surface area contributed by atoms with Crippen LogP contribution in [0.15, 0.2) is 55.1 Å². The summed E-state index contributed by atoms with van der Waals surface area (Å²) in [7, 11) is 3.39. The van der Waals surface area contributed by atoms with Crippen LogP contribution in [-0.4, -0.2) is 56.1 Å². The van der Waals surface area contributed by atoms with Crippen LogP contribution in [0.1, 0.15) is 32.2 Å². The first-order chi connectivity index (χ1) is 18.8. The molecular weight excluding hydrogens is 511 g/mol. The third-order valence-corrected chi connectivity index (χ3v) is 6.92. The second-order valence-corrected chi connectivity index (χ2v) is 9.35. The van der Waals surface area contributed by atoms with Gasteiger partial charge in [-0.1, -0.05) is 6.07 Å². The van der Waals surface area contributed by atoms with E-state index in [1.54, 1.807) is 24.4 Å². The summed E-state index contributed by atoms with van der Waals surface area (Å²) in [6.45, 7) is -2.76. The molecule has 3 aromatic heterocycles. The molecular formula is C27H28F3N7O2. The van der Waals surface area contributed by atoms with Crippen molar-refractivity contribution in [1.82, 2.24) is 24.7 Å². The van der Waals surface area contributed by atoms with Gasteiger partial charge < -0.3 is 20.1 Å². The van der Waals surface area contributed by atoms with Crippen molar-refractivity contribution in [2.45, 2.75) is 44.4 Å². The molecule has 3 heterocycles. The lowest BCUT2D eigenvalue weighted by atomic mass is 9.91. The van der Waals surface area contributed by atoms with Gasteiger partial charge in [0.25, 0.3) is 0 Å². The van der Waals surface area contributed by atoms with Crippen LogP contribution in [0.3, 0.4) is 0 Å². The van der Waals surface area contributed by atoms with Crippen LogP contribution in [0.25, 0.3) is 22.5 Å². The largest absolute Gasteiger partial charge is 0.496 e. The highest BCUT2D eigenvalue weighted by atomic mass is 19.3. The summed E-state index contributed by atoms with van der Waals surface area (Å²) in [6.07, 6.45) is 8.42. The fraction of sp³-hybridized carbons (Fsp3) is 0.333. The van der Waals surface area contributed by atoms with Gasteiger partial charge in [-0.05, 0) is 43.9 Å². The molecule has 1 aromatic carbocycles. The van der Waals surface area contributed by atoms with E-state index in [0.29, 0.717) is 46.0 Å². The Hall–Kier alpha value is -4.19. The number of ether oxygens (including phenoxy) is 1. The van der Waals surface area contributed by atoms with Crippen molar-refractivity contribution in [1.29, 1.82) is 0 Å². The van der Waals surface area contributed by atoms with E-state index >= 15 is 0 Å². The smallest absolute Gasteiger partial charge is 0.333 e. The van der Waals surface area contributed by atoms with Gasteiger partial charge in [0, 0.05) is 54.6 Å². The number of benzene rings is 1. The number of halogens is 3. The molecule has 0 aliphatic heterocycles. The van der Waals surface area contributed by atoms with Crippen LogP contribution >= 0.6 is 0 Å². The van der Waals surface area contributed by atoms with Crippen LogP contribution in [0.4, 0.5) is 30.5 Å². The number of nitrogens with one attached hydrogen (secondary N) is 1. The number of hydrogen-bond acceptors (Lipinski definition) is 8. The second-order valence-electron chi connectivity index (χ2n) is 9.35. The summed E-state index contributed by atoms with van der Waals surface area (Å²) in [5, 5.41) is 16.9. The van der Waals surface area contributed by atoms with Crippen molar-refractivity contribution in [3.63, 3.8) is 0 Å². The third-order valence-electron chi connectivity index (χ3n) is 6.92. The Labute approximate surface area is 223 Å². The maximum Gasteiger partial charge on any atom is 0.333 e. The number of nitrogens with zero attached hydrogens (tertiary/aromatic N) is 6. The summed E-state index contributed by atoms with van der Waals surface area (Å²) >= 11 is 0. The fourth-order valence-electron chi connectivity index (χ4n) is 4.82. The van der Waals surface area contributed by atoms with Gasteiger partial charge in [-0.25, -0.2) is 24.0 Å². The number of pyridine rings is 1. The first-order valence-electron chi connectivity index (χ1n) is 12.5. The van der Waals surface area contributed by atoms with E-state index in [1.807, 2.05) is 13.1 Å². The molecule has 4 aromatic rings. The Morgan fingerprint density at radius 2 is 1.90 bits per heavy atom. The minimum absolute atomic E-state index is 0.142. The lowest BCUT2D eigenvalue weighted by Crippen LogP contribution is -2.36. The van der Waals surface area contributed by atoms with Crippen LogP contribution in [0, 0.1) is 5.82 Å². The molecule has 1 aliphatic carbocycles. The predicted octanol–water partition coefficient (Wildman–Crippen LogP) is 5.43. The summed E-state index contributed by atoms with van der Waals surface area (Å²) in [5.41, 5.74) is 2.04. The minimum Gasteiger partial charge on any atom is -0.496 e. The average Bonchev–Trinajstić information content (AvgIpc) is 3.44. The lowest BCUT2D eigenvalue weighted by molar-refractivity contribution is 0.0566. The van der Waals surface area contributed by atoms with Crippen molar-refractivity contribution >= 4 is 17.3 Å². The highest BCUT2D eigenvalue weighted by Crippen LogP contribution is 2.36. The number of methoxy groups -OCH3 is 1. The second kappa shape index (κ2) is 11.3. The van der Waals surface area contributed by atoms with Crippen LogP contribution in [0.2, 0.25) is 0 Å². The highest BCUT2D eigenvalue weighted by molar-refractivity contribution is 5.80. The number of hydrogen-bond donors (Lipinski definition) is 2. The van der Waals surface area contributed by atoms with E-state index < -0.39 is 12.4 Å². The summed E-state index contributed by atoms with van der Waals surface area (Å²) in [4.78, 5) is 15.3. The van der Waals surface area contributed by atoms with Gasteiger partial charge in [0.05, 0.1) is 25.0 Å². The Bertz CT molecular complexity index is 1440. The number of anilines is 3. The predicted molar refractivity (Wildman–Crippen MR) is 141 cm³/mol. The molecule has 1 saturated carbocycles. The van der Waals surface area contributed by atoms with Crippen LogP contribution in [-0.2, 0) is 0 Å². The molecule has 12 heteroatoms. The first kappa shape index (κ1) is 26.4. The topological polar surface area (TPSA) is 101 Å². The van der Waals surface area contributed by atoms with E-state index in [-0.39, 0.29) is 23.5 Å². The number of alkyl halides is 2. The quantitative estimate of drug-likeness (QED) is 0.306. The molecule has 39 heavy (non-hydrogen) atoms. The zero-order valence-electron chi connectivity index (χ0n) is 21.4. The van der Waals surface area contributed by atoms with E-state index in [9.17, 15) is 18.3 Å². The van der Waals surface area contributed by atoms with Gasteiger partial charge in [-0.3, -0.25) is 0 Å². The Morgan fingerprint density at radius 1 is 1.10 bits per heavy atom. The molecule has 0 saturated heterocycles. The zero-order chi connectivity index (χ0) is 27.5. The molecule has 0 amide bonds. The zero-order valence-corrected chi connectivity index (χ0v) is 21.4. The maximum absolute atomic E-state index is 14.6. The highest BCUT2D eigenvalue weighted by Gasteiger charge is 2.25. The monoisotopic (exact) mass is 539 g/mol. The maximum atomic E-state index is 14.6. The van der Waals surface area contributed by atoms with E-state index in [0.717, 1.165) is 18.5 Å². The Morgan fingerprint density at radius 3 is 2.62 bits per heavy atom. The van der Waals surface area contributed by atoms with Crippen molar-refractivity contribution in [3.05, 3.63) is 60.9 Å². The molecule has 204 valence electrons. The van der Waals surface area contributed by atoms with Crippen molar-refractivity contribution in [2.24, 2.45) is 0 Å². The molecule has 2 N–H and O–H groups in total. The molecule has 5 rings (SSSR count).